The lowest BCUT2D eigenvalue weighted by molar-refractivity contribution is 0.116. The molecule has 1 amide bonds. The first kappa shape index (κ1) is 11.8. The highest BCUT2D eigenvalue weighted by Crippen LogP contribution is 2.20. The molecule has 0 spiro atoms. The smallest absolute Gasteiger partial charge is 0.409 e. The minimum atomic E-state index is -0.232. The number of amides is 1. The maximum atomic E-state index is 11.4. The Morgan fingerprint density at radius 2 is 2.00 bits per heavy atom. The molecular weight excluding hydrogens is 216 g/mol. The molecule has 92 valence electrons. The van der Waals surface area contributed by atoms with Crippen molar-refractivity contribution in [3.8, 4) is 0 Å². The van der Waals surface area contributed by atoms with Crippen molar-refractivity contribution in [1.82, 2.24) is 4.90 Å². The van der Waals surface area contributed by atoms with E-state index in [2.05, 4.69) is 24.0 Å². The van der Waals surface area contributed by atoms with Gasteiger partial charge in [-0.3, -0.25) is 0 Å². The van der Waals surface area contributed by atoms with E-state index in [0.717, 1.165) is 6.54 Å². The van der Waals surface area contributed by atoms with Crippen molar-refractivity contribution in [3.05, 3.63) is 30.3 Å². The maximum Gasteiger partial charge on any atom is 0.409 e. The van der Waals surface area contributed by atoms with Crippen LogP contribution in [0, 0.1) is 0 Å². The molecule has 0 aromatic heterocycles. The number of anilines is 1. The summed E-state index contributed by atoms with van der Waals surface area (Å²) < 4.78 is 4.75. The summed E-state index contributed by atoms with van der Waals surface area (Å²) in [4.78, 5) is 15.5. The maximum absolute atomic E-state index is 11.4. The van der Waals surface area contributed by atoms with Crippen LogP contribution in [0.15, 0.2) is 30.3 Å². The van der Waals surface area contributed by atoms with Gasteiger partial charge in [0.2, 0.25) is 0 Å². The number of benzene rings is 1. The molecule has 1 aliphatic heterocycles. The van der Waals surface area contributed by atoms with Gasteiger partial charge < -0.3 is 14.5 Å². The fourth-order valence-corrected chi connectivity index (χ4v) is 2.26. The lowest BCUT2D eigenvalue weighted by Crippen LogP contribution is -2.53. The third-order valence-corrected chi connectivity index (χ3v) is 3.15. The van der Waals surface area contributed by atoms with Gasteiger partial charge in [-0.25, -0.2) is 4.79 Å². The molecule has 1 atom stereocenters. The normalized spacial score (nSPS) is 20.2. The number of hydrogen-bond donors (Lipinski definition) is 0. The number of nitrogens with zero attached hydrogens (tertiary/aromatic N) is 2. The van der Waals surface area contributed by atoms with Gasteiger partial charge in [0.15, 0.2) is 0 Å². The first-order valence-electron chi connectivity index (χ1n) is 5.87. The van der Waals surface area contributed by atoms with E-state index in [1.807, 2.05) is 18.2 Å². The minimum absolute atomic E-state index is 0.232. The lowest BCUT2D eigenvalue weighted by atomic mass is 10.1. The summed E-state index contributed by atoms with van der Waals surface area (Å²) in [7, 11) is 1.43. The predicted octanol–water partition coefficient (Wildman–Crippen LogP) is 1.96. The van der Waals surface area contributed by atoms with E-state index in [1.165, 1.54) is 12.8 Å². The molecule has 17 heavy (non-hydrogen) atoms. The number of rotatable bonds is 1. The molecule has 0 saturated carbocycles. The highest BCUT2D eigenvalue weighted by Gasteiger charge is 2.26. The van der Waals surface area contributed by atoms with Crippen LogP contribution < -0.4 is 4.90 Å². The van der Waals surface area contributed by atoms with Crippen molar-refractivity contribution in [2.75, 3.05) is 31.6 Å². The molecule has 1 fully saturated rings. The van der Waals surface area contributed by atoms with Gasteiger partial charge in [0.1, 0.15) is 0 Å². The zero-order chi connectivity index (χ0) is 12.3. The highest BCUT2D eigenvalue weighted by molar-refractivity contribution is 5.68. The predicted molar refractivity (Wildman–Crippen MR) is 67.2 cm³/mol. The average molecular weight is 234 g/mol. The summed E-state index contributed by atoms with van der Waals surface area (Å²) in [6, 6.07) is 10.6. The number of carbonyl (C=O) groups is 1. The van der Waals surface area contributed by atoms with Crippen LogP contribution in [0.25, 0.3) is 0 Å². The molecule has 0 aliphatic carbocycles. The molecule has 1 aliphatic rings. The standard InChI is InChI=1S/C13H18N2O2/c1-11-10-14(13(16)17-2)8-9-15(11)12-6-4-3-5-7-12/h3-7,11H,8-10H2,1-2H3. The van der Waals surface area contributed by atoms with Crippen molar-refractivity contribution in [1.29, 1.82) is 0 Å². The first-order chi connectivity index (χ1) is 8.22. The fraction of sp³-hybridized carbons (Fsp3) is 0.462. The van der Waals surface area contributed by atoms with Crippen LogP contribution in [-0.2, 0) is 4.74 Å². The van der Waals surface area contributed by atoms with E-state index >= 15 is 0 Å². The highest BCUT2D eigenvalue weighted by atomic mass is 16.5. The molecular formula is C13H18N2O2. The fourth-order valence-electron chi connectivity index (χ4n) is 2.26. The Hall–Kier alpha value is -1.71. The summed E-state index contributed by atoms with van der Waals surface area (Å²) in [5.41, 5.74) is 1.21. The van der Waals surface area contributed by atoms with Gasteiger partial charge in [-0.1, -0.05) is 18.2 Å². The molecule has 0 N–H and O–H groups in total. The van der Waals surface area contributed by atoms with Crippen LogP contribution in [0.4, 0.5) is 10.5 Å². The van der Waals surface area contributed by atoms with Crippen molar-refractivity contribution in [2.45, 2.75) is 13.0 Å². The summed E-state index contributed by atoms with van der Waals surface area (Å²) in [6.45, 7) is 4.40. The Balaban J connectivity index is 2.04. The van der Waals surface area contributed by atoms with E-state index in [9.17, 15) is 4.79 Å². The van der Waals surface area contributed by atoms with Crippen molar-refractivity contribution in [2.24, 2.45) is 0 Å². The van der Waals surface area contributed by atoms with E-state index in [-0.39, 0.29) is 6.09 Å². The van der Waals surface area contributed by atoms with Gasteiger partial charge in [-0.05, 0) is 19.1 Å². The molecule has 2 rings (SSSR count). The van der Waals surface area contributed by atoms with Gasteiger partial charge in [0, 0.05) is 31.4 Å². The monoisotopic (exact) mass is 234 g/mol. The van der Waals surface area contributed by atoms with Gasteiger partial charge in [0.05, 0.1) is 7.11 Å². The molecule has 1 heterocycles. The second-order valence-electron chi connectivity index (χ2n) is 4.29. The van der Waals surface area contributed by atoms with E-state index in [1.54, 1.807) is 4.90 Å². The molecule has 1 unspecified atom stereocenters. The van der Waals surface area contributed by atoms with Crippen molar-refractivity contribution < 1.29 is 9.53 Å². The quantitative estimate of drug-likeness (QED) is 0.744. The first-order valence-corrected chi connectivity index (χ1v) is 5.87. The Kier molecular flexibility index (Phi) is 3.52. The van der Waals surface area contributed by atoms with E-state index < -0.39 is 0 Å². The SMILES string of the molecule is COC(=O)N1CCN(c2ccccc2)C(C)C1. The Morgan fingerprint density at radius 1 is 1.29 bits per heavy atom. The lowest BCUT2D eigenvalue weighted by Gasteiger charge is -2.40. The number of piperazine rings is 1. The summed E-state index contributed by atoms with van der Waals surface area (Å²) in [6.07, 6.45) is -0.232. The molecule has 4 heteroatoms. The Morgan fingerprint density at radius 3 is 2.59 bits per heavy atom. The van der Waals surface area contributed by atoms with Crippen molar-refractivity contribution >= 4 is 11.8 Å². The molecule has 1 aromatic rings. The van der Waals surface area contributed by atoms with Gasteiger partial charge in [-0.2, -0.15) is 0 Å². The van der Waals surface area contributed by atoms with Crippen LogP contribution >= 0.6 is 0 Å². The minimum Gasteiger partial charge on any atom is -0.453 e. The van der Waals surface area contributed by atoms with Crippen LogP contribution in [-0.4, -0.2) is 43.8 Å². The molecule has 0 radical (unpaired) electrons. The van der Waals surface area contributed by atoms with Crippen LogP contribution in [0.1, 0.15) is 6.92 Å². The Labute approximate surface area is 102 Å². The molecule has 1 aromatic carbocycles. The third kappa shape index (κ3) is 2.52. The van der Waals surface area contributed by atoms with Gasteiger partial charge >= 0.3 is 6.09 Å². The number of methoxy groups -OCH3 is 1. The Bertz CT molecular complexity index is 380. The van der Waals surface area contributed by atoms with Gasteiger partial charge in [-0.15, -0.1) is 0 Å². The van der Waals surface area contributed by atoms with Crippen molar-refractivity contribution in [3.63, 3.8) is 0 Å². The molecule has 1 saturated heterocycles. The molecule has 4 nitrogen and oxygen atoms in total. The van der Waals surface area contributed by atoms with E-state index in [4.69, 9.17) is 4.74 Å². The zero-order valence-electron chi connectivity index (χ0n) is 10.3. The summed E-state index contributed by atoms with van der Waals surface area (Å²) in [5, 5.41) is 0. The average Bonchev–Trinajstić information content (AvgIpc) is 2.38. The number of carbonyl (C=O) groups excluding carboxylic acids is 1. The second kappa shape index (κ2) is 5.08. The molecule has 0 bridgehead atoms. The largest absolute Gasteiger partial charge is 0.453 e. The topological polar surface area (TPSA) is 32.8 Å². The second-order valence-corrected chi connectivity index (χ2v) is 4.29. The van der Waals surface area contributed by atoms with Crippen LogP contribution in [0.5, 0.6) is 0 Å². The number of para-hydroxylation sites is 1. The summed E-state index contributed by atoms with van der Waals surface area (Å²) in [5.74, 6) is 0. The van der Waals surface area contributed by atoms with Gasteiger partial charge in [0.25, 0.3) is 0 Å². The summed E-state index contributed by atoms with van der Waals surface area (Å²) >= 11 is 0. The zero-order valence-corrected chi connectivity index (χ0v) is 10.3. The van der Waals surface area contributed by atoms with Crippen LogP contribution in [0.2, 0.25) is 0 Å². The number of hydrogen-bond acceptors (Lipinski definition) is 3. The van der Waals surface area contributed by atoms with Crippen LogP contribution in [0.3, 0.4) is 0 Å². The third-order valence-electron chi connectivity index (χ3n) is 3.15. The number of ether oxygens (including phenoxy) is 1. The van der Waals surface area contributed by atoms with E-state index in [0.29, 0.717) is 19.1 Å².